The fourth-order valence-corrected chi connectivity index (χ4v) is 6.79. The summed E-state index contributed by atoms with van der Waals surface area (Å²) in [4.78, 5) is 32.8. The molecule has 5 rings (SSSR count). The number of ether oxygens (including phenoxy) is 5. The minimum absolute atomic E-state index is 0.162. The fourth-order valence-electron chi connectivity index (χ4n) is 5.56. The lowest BCUT2D eigenvalue weighted by molar-refractivity contribution is -0.139. The molecule has 48 heavy (non-hydrogen) atoms. The number of hydrogen-bond acceptors (Lipinski definition) is 9. The van der Waals surface area contributed by atoms with Crippen LogP contribution in [-0.2, 0) is 22.6 Å². The molecule has 0 bridgehead atoms. The van der Waals surface area contributed by atoms with Gasteiger partial charge in [-0.2, -0.15) is 0 Å². The Balaban J connectivity index is 1.67. The van der Waals surface area contributed by atoms with Gasteiger partial charge >= 0.3 is 5.97 Å². The van der Waals surface area contributed by atoms with E-state index >= 15 is 0 Å². The second-order valence-corrected chi connectivity index (χ2v) is 12.1. The van der Waals surface area contributed by atoms with Crippen molar-refractivity contribution in [1.82, 2.24) is 4.57 Å². The summed E-state index contributed by atoms with van der Waals surface area (Å²) in [6.45, 7) is 10.1. The number of fused-ring (bicyclic) bond motifs is 1. The number of aromatic nitrogens is 1. The standard InChI is InChI=1S/C37H37ClN2O7S/c1-7-12-24-17-23(18-30(45-8-2)34(24)47-21-25-13-10-11-14-28(25)38)19-31-35(41)40-33(27-20-26(43-5)15-16-29(27)44-6)32(36(42)46-9-3)22(4)39-37(40)48-31/h7,10-11,13-20,33H,1,8-9,12,21H2,2-6H3/b31-19+/t33-/m1/s1. The average Bonchev–Trinajstić information content (AvgIpc) is 3.37. The van der Waals surface area contributed by atoms with Crippen LogP contribution in [0.4, 0.5) is 0 Å². The van der Waals surface area contributed by atoms with E-state index < -0.39 is 12.0 Å². The van der Waals surface area contributed by atoms with Gasteiger partial charge in [0.2, 0.25) is 0 Å². The third-order valence-electron chi connectivity index (χ3n) is 7.69. The number of hydrogen-bond donors (Lipinski definition) is 0. The predicted molar refractivity (Wildman–Crippen MR) is 187 cm³/mol. The molecule has 0 radical (unpaired) electrons. The van der Waals surface area contributed by atoms with Crippen LogP contribution in [0, 0.1) is 0 Å². The summed E-state index contributed by atoms with van der Waals surface area (Å²) < 4.78 is 30.9. The first kappa shape index (κ1) is 34.5. The van der Waals surface area contributed by atoms with Crippen molar-refractivity contribution in [3.8, 4) is 23.0 Å². The maximum atomic E-state index is 14.3. The van der Waals surface area contributed by atoms with Crippen molar-refractivity contribution in [2.24, 2.45) is 4.99 Å². The molecule has 0 spiro atoms. The number of nitrogens with zero attached hydrogens (tertiary/aromatic N) is 2. The number of rotatable bonds is 13. The zero-order chi connectivity index (χ0) is 34.4. The summed E-state index contributed by atoms with van der Waals surface area (Å²) in [6.07, 6.45) is 4.07. The SMILES string of the molecule is C=CCc1cc(/C=c2/sc3n(c2=O)[C@H](c2cc(OC)ccc2OC)C(C(=O)OCC)=C(C)N=3)cc(OCC)c1OCc1ccccc1Cl. The third kappa shape index (κ3) is 7.05. The molecule has 0 saturated carbocycles. The minimum atomic E-state index is -0.872. The number of carbonyl (C=O) groups is 1. The van der Waals surface area contributed by atoms with Gasteiger partial charge in [0.05, 0.1) is 43.2 Å². The van der Waals surface area contributed by atoms with E-state index in [0.29, 0.717) is 61.6 Å². The van der Waals surface area contributed by atoms with E-state index in [0.717, 1.165) is 16.7 Å². The molecule has 0 saturated heterocycles. The van der Waals surface area contributed by atoms with Crippen molar-refractivity contribution in [2.45, 2.75) is 39.8 Å². The van der Waals surface area contributed by atoms with E-state index in [1.807, 2.05) is 43.3 Å². The first-order valence-corrected chi connectivity index (χ1v) is 16.6. The van der Waals surface area contributed by atoms with Crippen LogP contribution in [0.15, 0.2) is 88.3 Å². The van der Waals surface area contributed by atoms with Crippen molar-refractivity contribution in [3.63, 3.8) is 0 Å². The molecule has 9 nitrogen and oxygen atoms in total. The topological polar surface area (TPSA) is 97.6 Å². The molecule has 250 valence electrons. The first-order chi connectivity index (χ1) is 23.2. The van der Waals surface area contributed by atoms with Gasteiger partial charge in [0.15, 0.2) is 16.3 Å². The highest BCUT2D eigenvalue weighted by Gasteiger charge is 2.35. The van der Waals surface area contributed by atoms with Crippen LogP contribution < -0.4 is 33.8 Å². The molecule has 1 aliphatic rings. The van der Waals surface area contributed by atoms with Gasteiger partial charge in [0.25, 0.3) is 5.56 Å². The smallest absolute Gasteiger partial charge is 0.338 e. The Labute approximate surface area is 288 Å². The second-order valence-electron chi connectivity index (χ2n) is 10.7. The van der Waals surface area contributed by atoms with Crippen LogP contribution in [0.3, 0.4) is 0 Å². The molecule has 1 aliphatic heterocycles. The average molecular weight is 689 g/mol. The van der Waals surface area contributed by atoms with Gasteiger partial charge in [-0.1, -0.05) is 47.2 Å². The first-order valence-electron chi connectivity index (χ1n) is 15.4. The number of esters is 1. The van der Waals surface area contributed by atoms with E-state index in [-0.39, 0.29) is 24.3 Å². The Morgan fingerprint density at radius 3 is 2.50 bits per heavy atom. The van der Waals surface area contributed by atoms with Crippen molar-refractivity contribution >= 4 is 35.0 Å². The van der Waals surface area contributed by atoms with Gasteiger partial charge in [0.1, 0.15) is 24.1 Å². The molecule has 1 aromatic heterocycles. The van der Waals surface area contributed by atoms with Gasteiger partial charge in [-0.25, -0.2) is 9.79 Å². The van der Waals surface area contributed by atoms with E-state index in [9.17, 15) is 9.59 Å². The summed E-state index contributed by atoms with van der Waals surface area (Å²) in [6, 6.07) is 15.7. The molecule has 2 heterocycles. The van der Waals surface area contributed by atoms with Crippen molar-refractivity contribution in [1.29, 1.82) is 0 Å². The number of benzene rings is 3. The van der Waals surface area contributed by atoms with Crippen molar-refractivity contribution in [3.05, 3.63) is 125 Å². The molecule has 0 aliphatic carbocycles. The van der Waals surface area contributed by atoms with Crippen molar-refractivity contribution in [2.75, 3.05) is 27.4 Å². The Hall–Kier alpha value is -4.80. The summed E-state index contributed by atoms with van der Waals surface area (Å²) in [5.74, 6) is 1.57. The maximum Gasteiger partial charge on any atom is 0.338 e. The quantitative estimate of drug-likeness (QED) is 0.122. The molecular formula is C37H37ClN2O7S. The predicted octanol–water partition coefficient (Wildman–Crippen LogP) is 6.18. The fraction of sp³-hybridized carbons (Fsp3) is 0.270. The third-order valence-corrected chi connectivity index (χ3v) is 9.05. The Morgan fingerprint density at radius 1 is 1.02 bits per heavy atom. The number of halogens is 1. The normalized spacial score (nSPS) is 14.2. The van der Waals surface area contributed by atoms with Crippen LogP contribution in [0.2, 0.25) is 5.02 Å². The number of carbonyl (C=O) groups excluding carboxylic acids is 1. The number of thiazole rings is 1. The lowest BCUT2D eigenvalue weighted by atomic mass is 9.94. The summed E-state index contributed by atoms with van der Waals surface area (Å²) >= 11 is 7.61. The molecule has 0 fully saturated rings. The van der Waals surface area contributed by atoms with Crippen molar-refractivity contribution < 1.29 is 28.5 Å². The van der Waals surface area contributed by atoms with Gasteiger partial charge in [0, 0.05) is 21.7 Å². The largest absolute Gasteiger partial charge is 0.497 e. The second kappa shape index (κ2) is 15.4. The van der Waals surface area contributed by atoms with Crippen LogP contribution in [-0.4, -0.2) is 38.0 Å². The van der Waals surface area contributed by atoms with Crippen LogP contribution in [0.1, 0.15) is 49.1 Å². The highest BCUT2D eigenvalue weighted by molar-refractivity contribution is 7.07. The summed E-state index contributed by atoms with van der Waals surface area (Å²) in [5.41, 5.74) is 3.33. The summed E-state index contributed by atoms with van der Waals surface area (Å²) in [7, 11) is 3.09. The van der Waals surface area contributed by atoms with E-state index in [4.69, 9.17) is 40.3 Å². The molecule has 0 N–H and O–H groups in total. The highest BCUT2D eigenvalue weighted by Crippen LogP contribution is 2.38. The Bertz CT molecular complexity index is 2060. The van der Waals surface area contributed by atoms with Crippen LogP contribution in [0.25, 0.3) is 6.08 Å². The van der Waals surface area contributed by atoms with E-state index in [1.54, 1.807) is 51.3 Å². The lowest BCUT2D eigenvalue weighted by Crippen LogP contribution is -2.40. The summed E-state index contributed by atoms with van der Waals surface area (Å²) in [5, 5.41) is 0.610. The Morgan fingerprint density at radius 2 is 1.81 bits per heavy atom. The monoisotopic (exact) mass is 688 g/mol. The highest BCUT2D eigenvalue weighted by atomic mass is 35.5. The van der Waals surface area contributed by atoms with Gasteiger partial charge in [-0.05, 0) is 75.2 Å². The van der Waals surface area contributed by atoms with Crippen LogP contribution in [0.5, 0.6) is 23.0 Å². The van der Waals surface area contributed by atoms with Gasteiger partial charge in [-0.15, -0.1) is 6.58 Å². The zero-order valence-corrected chi connectivity index (χ0v) is 29.1. The Kier molecular flexibility index (Phi) is 11.1. The zero-order valence-electron chi connectivity index (χ0n) is 27.5. The molecule has 11 heteroatoms. The lowest BCUT2D eigenvalue weighted by Gasteiger charge is -2.26. The number of methoxy groups -OCH3 is 2. The minimum Gasteiger partial charge on any atom is -0.497 e. The van der Waals surface area contributed by atoms with Crippen LogP contribution >= 0.6 is 22.9 Å². The van der Waals surface area contributed by atoms with E-state index in [1.165, 1.54) is 23.0 Å². The molecule has 4 aromatic rings. The van der Waals surface area contributed by atoms with Gasteiger partial charge in [-0.3, -0.25) is 9.36 Å². The molecule has 1 atom stereocenters. The molecular weight excluding hydrogens is 652 g/mol. The molecule has 0 unspecified atom stereocenters. The van der Waals surface area contributed by atoms with Gasteiger partial charge < -0.3 is 23.7 Å². The number of allylic oxidation sites excluding steroid dienone is 2. The van der Waals surface area contributed by atoms with E-state index in [2.05, 4.69) is 6.58 Å². The molecule has 0 amide bonds. The molecule has 3 aromatic carbocycles. The maximum absolute atomic E-state index is 14.3.